The summed E-state index contributed by atoms with van der Waals surface area (Å²) in [5.74, 6) is 0. The summed E-state index contributed by atoms with van der Waals surface area (Å²) in [6.07, 6.45) is 0. The number of hydrogen-bond donors (Lipinski definition) is 0. The Morgan fingerprint density at radius 1 is 0.353 bits per heavy atom. The van der Waals surface area contributed by atoms with Crippen molar-refractivity contribution in [3.8, 4) is 0 Å². The van der Waals surface area contributed by atoms with Crippen LogP contribution in [0.25, 0.3) is 0 Å². The van der Waals surface area contributed by atoms with Crippen molar-refractivity contribution < 1.29 is 16.6 Å². The SMILES string of the molecule is C[Si](C)(C)[Hf]([Si](C)(C)C)([Si](C)(C)C)[Si](C)(C)C. The minimum absolute atomic E-state index is 0.936. The molecule has 0 aliphatic rings. The third kappa shape index (κ3) is 3.08. The van der Waals surface area contributed by atoms with Crippen LogP contribution in [0.4, 0.5) is 0 Å². The zero-order chi connectivity index (χ0) is 14.5. The van der Waals surface area contributed by atoms with Gasteiger partial charge >= 0.3 is 116 Å². The molecule has 0 saturated carbocycles. The predicted molar refractivity (Wildman–Crippen MR) is 93.4 cm³/mol. The summed E-state index contributed by atoms with van der Waals surface area (Å²) in [5.41, 5.74) is 0. The number of rotatable bonds is 4. The molecule has 104 valence electrons. The first-order valence-corrected chi connectivity index (χ1v) is 42.6. The summed E-state index contributed by atoms with van der Waals surface area (Å²) in [7, 11) is 0. The average Bonchev–Trinajstić information content (AvgIpc) is 1.67. The van der Waals surface area contributed by atoms with Crippen LogP contribution in [0.3, 0.4) is 0 Å². The van der Waals surface area contributed by atoms with Gasteiger partial charge in [-0.2, -0.15) is 0 Å². The van der Waals surface area contributed by atoms with E-state index in [0.717, 1.165) is 0 Å². The average molecular weight is 471 g/mol. The molecule has 0 amide bonds. The van der Waals surface area contributed by atoms with Crippen LogP contribution in [0.15, 0.2) is 0 Å². The molecule has 0 aromatic rings. The Labute approximate surface area is 115 Å². The van der Waals surface area contributed by atoms with E-state index in [4.69, 9.17) is 0 Å². The molecule has 0 rings (SSSR count). The summed E-state index contributed by atoms with van der Waals surface area (Å²) in [6, 6.07) is 0. The molecule has 0 saturated heterocycles. The molecule has 5 heteroatoms. The summed E-state index contributed by atoms with van der Waals surface area (Å²) in [5, 5.41) is -3.74. The molecule has 0 aromatic heterocycles. The zero-order valence-corrected chi connectivity index (χ0v) is 22.1. The third-order valence-electron chi connectivity index (χ3n) is 4.50. The molecule has 0 radical (unpaired) electrons. The first-order chi connectivity index (χ1) is 7.00. The van der Waals surface area contributed by atoms with Gasteiger partial charge in [0, 0.05) is 0 Å². The van der Waals surface area contributed by atoms with E-state index < -0.39 is 37.7 Å². The maximum atomic E-state index is 2.75. The van der Waals surface area contributed by atoms with Crippen LogP contribution in [0.2, 0.25) is 78.6 Å². The molecular formula is C12H36HfSi4. The second-order valence-electron chi connectivity index (χ2n) is 9.75. The van der Waals surface area contributed by atoms with E-state index in [2.05, 4.69) is 78.6 Å². The van der Waals surface area contributed by atoms with Gasteiger partial charge < -0.3 is 0 Å². The van der Waals surface area contributed by atoms with Crippen LogP contribution in [0.1, 0.15) is 0 Å². The third-order valence-corrected chi connectivity index (χ3v) is 332. The van der Waals surface area contributed by atoms with Gasteiger partial charge in [0.05, 0.1) is 0 Å². The van der Waals surface area contributed by atoms with Crippen molar-refractivity contribution in [1.82, 2.24) is 0 Å². The fourth-order valence-corrected chi connectivity index (χ4v) is 497. The second kappa shape index (κ2) is 4.93. The Balaban J connectivity index is 6.37. The van der Waals surface area contributed by atoms with Crippen molar-refractivity contribution in [2.45, 2.75) is 78.6 Å². The normalized spacial score (nSPS) is 16.2. The van der Waals surface area contributed by atoms with Crippen LogP contribution < -0.4 is 0 Å². The van der Waals surface area contributed by atoms with E-state index in [0.29, 0.717) is 0 Å². The standard InChI is InChI=1S/4C3H9Si.Hf/c4*1-4(2)3;/h4*1-3H3;. The van der Waals surface area contributed by atoms with E-state index in [1.807, 2.05) is 0 Å². The Morgan fingerprint density at radius 2 is 0.471 bits per heavy atom. The van der Waals surface area contributed by atoms with Crippen molar-refractivity contribution in [2.75, 3.05) is 0 Å². The quantitative estimate of drug-likeness (QED) is 0.477. The predicted octanol–water partition coefficient (Wildman–Crippen LogP) is 5.48. The van der Waals surface area contributed by atoms with E-state index in [-0.39, 0.29) is 0 Å². The van der Waals surface area contributed by atoms with Gasteiger partial charge in [-0.3, -0.25) is 0 Å². The van der Waals surface area contributed by atoms with Crippen molar-refractivity contribution in [3.63, 3.8) is 0 Å². The molecule has 17 heavy (non-hydrogen) atoms. The Bertz CT molecular complexity index is 211. The Hall–Kier alpha value is 1.74. The summed E-state index contributed by atoms with van der Waals surface area (Å²) < 4.78 is 0. The van der Waals surface area contributed by atoms with Crippen molar-refractivity contribution >= 4 is 21.0 Å². The van der Waals surface area contributed by atoms with Gasteiger partial charge in [-0.25, -0.2) is 0 Å². The zero-order valence-electron chi connectivity index (χ0n) is 14.5. The molecule has 0 heterocycles. The fourth-order valence-electron chi connectivity index (χ4n) is 6.75. The number of hydrogen-bond acceptors (Lipinski definition) is 0. The van der Waals surface area contributed by atoms with Crippen LogP contribution >= 0.6 is 0 Å². The Kier molecular flexibility index (Phi) is 5.44. The minimum atomic E-state index is -2.16. The van der Waals surface area contributed by atoms with E-state index in [1.54, 1.807) is 0 Å². The van der Waals surface area contributed by atoms with E-state index in [1.165, 1.54) is 0 Å². The molecule has 0 N–H and O–H groups in total. The van der Waals surface area contributed by atoms with Crippen LogP contribution in [-0.2, 0) is 16.6 Å². The molecular weight excluding hydrogens is 435 g/mol. The molecule has 0 nitrogen and oxygen atoms in total. The molecule has 0 aliphatic heterocycles. The van der Waals surface area contributed by atoms with Gasteiger partial charge in [-0.1, -0.05) is 0 Å². The summed E-state index contributed by atoms with van der Waals surface area (Å²) in [4.78, 5) is 0. The molecule has 0 atom stereocenters. The second-order valence-corrected chi connectivity index (χ2v) is 147. The van der Waals surface area contributed by atoms with E-state index in [9.17, 15) is 0 Å². The Morgan fingerprint density at radius 3 is 0.471 bits per heavy atom. The first-order valence-electron chi connectivity index (χ1n) is 7.00. The van der Waals surface area contributed by atoms with Crippen LogP contribution in [-0.4, -0.2) is 21.0 Å². The van der Waals surface area contributed by atoms with Gasteiger partial charge in [-0.05, 0) is 0 Å². The van der Waals surface area contributed by atoms with Crippen LogP contribution in [0, 0.1) is 0 Å². The van der Waals surface area contributed by atoms with Gasteiger partial charge in [0.2, 0.25) is 0 Å². The molecule has 0 bridgehead atoms. The van der Waals surface area contributed by atoms with E-state index >= 15 is 0 Å². The van der Waals surface area contributed by atoms with Crippen molar-refractivity contribution in [1.29, 1.82) is 0 Å². The molecule has 0 unspecified atom stereocenters. The monoisotopic (exact) mass is 472 g/mol. The van der Waals surface area contributed by atoms with Gasteiger partial charge in [0.1, 0.15) is 0 Å². The van der Waals surface area contributed by atoms with Gasteiger partial charge in [-0.15, -0.1) is 0 Å². The summed E-state index contributed by atoms with van der Waals surface area (Å²) in [6.45, 7) is 33.0. The van der Waals surface area contributed by atoms with Crippen molar-refractivity contribution in [3.05, 3.63) is 0 Å². The fraction of sp³-hybridized carbons (Fsp3) is 1.00. The molecule has 0 fully saturated rings. The maximum absolute atomic E-state index is 2.75. The topological polar surface area (TPSA) is 0 Å². The van der Waals surface area contributed by atoms with Crippen molar-refractivity contribution in [2.24, 2.45) is 0 Å². The molecule has 0 aliphatic carbocycles. The summed E-state index contributed by atoms with van der Waals surface area (Å²) >= 11 is -2.16. The molecule has 0 aromatic carbocycles. The first kappa shape index (κ1) is 18.7. The molecule has 0 spiro atoms. The van der Waals surface area contributed by atoms with Gasteiger partial charge in [0.15, 0.2) is 0 Å². The van der Waals surface area contributed by atoms with Gasteiger partial charge in [0.25, 0.3) is 0 Å². The van der Waals surface area contributed by atoms with Crippen LogP contribution in [0.5, 0.6) is 0 Å².